The van der Waals surface area contributed by atoms with E-state index in [4.69, 9.17) is 0 Å². The van der Waals surface area contributed by atoms with Gasteiger partial charge in [0, 0.05) is 16.8 Å². The van der Waals surface area contributed by atoms with Crippen LogP contribution in [0.4, 0.5) is 0 Å². The fourth-order valence-corrected chi connectivity index (χ4v) is 2.80. The number of hydrogen-bond donors (Lipinski definition) is 1. The van der Waals surface area contributed by atoms with Gasteiger partial charge in [0.25, 0.3) is 0 Å². The van der Waals surface area contributed by atoms with Crippen molar-refractivity contribution >= 4 is 11.8 Å². The second-order valence-corrected chi connectivity index (χ2v) is 6.80. The highest BCUT2D eigenvalue weighted by Crippen LogP contribution is 2.47. The molecule has 1 aliphatic rings. The topological polar surface area (TPSA) is 20.2 Å². The molecule has 0 heterocycles. The molecule has 1 saturated carbocycles. The molecule has 0 radical (unpaired) electrons. The van der Waals surface area contributed by atoms with Crippen LogP contribution < -0.4 is 0 Å². The lowest BCUT2D eigenvalue weighted by atomic mass is 9.98. The molecule has 1 aromatic carbocycles. The Hall–Kier alpha value is -0.470. The van der Waals surface area contributed by atoms with Gasteiger partial charge in [-0.25, -0.2) is 0 Å². The molecule has 0 atom stereocenters. The quantitative estimate of drug-likeness (QED) is 0.790. The molecule has 2 rings (SSSR count). The summed E-state index contributed by atoms with van der Waals surface area (Å²) in [5.41, 5.74) is 1.59. The summed E-state index contributed by atoms with van der Waals surface area (Å²) in [4.78, 5) is 1.34. The van der Waals surface area contributed by atoms with Gasteiger partial charge in [0.15, 0.2) is 0 Å². The van der Waals surface area contributed by atoms with E-state index in [0.717, 1.165) is 6.42 Å². The molecule has 0 unspecified atom stereocenters. The zero-order chi connectivity index (χ0) is 11.6. The number of aliphatic hydroxyl groups excluding tert-OH is 1. The van der Waals surface area contributed by atoms with Gasteiger partial charge >= 0.3 is 0 Å². The molecule has 16 heavy (non-hydrogen) atoms. The van der Waals surface area contributed by atoms with Crippen LogP contribution in [0.1, 0.15) is 32.3 Å². The zero-order valence-electron chi connectivity index (χ0n) is 10.1. The minimum Gasteiger partial charge on any atom is -0.396 e. The Balaban J connectivity index is 1.97. The molecule has 0 amide bonds. The molecular weight excluding hydrogens is 216 g/mol. The van der Waals surface area contributed by atoms with Crippen LogP contribution in [0.15, 0.2) is 29.2 Å². The van der Waals surface area contributed by atoms with E-state index in [0.29, 0.717) is 11.9 Å². The second kappa shape index (κ2) is 4.80. The predicted molar refractivity (Wildman–Crippen MR) is 69.9 cm³/mol. The Kier molecular flexibility index (Phi) is 3.60. The van der Waals surface area contributed by atoms with Crippen molar-refractivity contribution in [3.63, 3.8) is 0 Å². The van der Waals surface area contributed by atoms with Gasteiger partial charge in [-0.2, -0.15) is 0 Å². The summed E-state index contributed by atoms with van der Waals surface area (Å²) in [7, 11) is 0. The van der Waals surface area contributed by atoms with E-state index in [-0.39, 0.29) is 5.41 Å². The number of aliphatic hydroxyl groups is 1. The molecule has 2 heteroatoms. The van der Waals surface area contributed by atoms with Crippen LogP contribution in [-0.2, 0) is 6.42 Å². The van der Waals surface area contributed by atoms with Crippen molar-refractivity contribution in [1.82, 2.24) is 0 Å². The van der Waals surface area contributed by atoms with Crippen LogP contribution in [0.3, 0.4) is 0 Å². The van der Waals surface area contributed by atoms with Gasteiger partial charge in [0.2, 0.25) is 0 Å². The molecule has 0 saturated heterocycles. The van der Waals surface area contributed by atoms with Crippen LogP contribution >= 0.6 is 11.8 Å². The molecular formula is C14H20OS. The number of benzene rings is 1. The molecule has 1 aromatic rings. The van der Waals surface area contributed by atoms with Crippen molar-refractivity contribution in [2.75, 3.05) is 6.61 Å². The third-order valence-electron chi connectivity index (χ3n) is 3.17. The van der Waals surface area contributed by atoms with Gasteiger partial charge in [-0.3, -0.25) is 0 Å². The Labute approximate surface area is 102 Å². The molecule has 0 spiro atoms. The Morgan fingerprint density at radius 1 is 1.25 bits per heavy atom. The fourth-order valence-electron chi connectivity index (χ4n) is 1.96. The second-order valence-electron chi connectivity index (χ2n) is 5.15. The Morgan fingerprint density at radius 2 is 1.88 bits per heavy atom. The van der Waals surface area contributed by atoms with Crippen molar-refractivity contribution in [3.8, 4) is 0 Å². The highest BCUT2D eigenvalue weighted by molar-refractivity contribution is 7.99. The van der Waals surface area contributed by atoms with E-state index >= 15 is 0 Å². The third-order valence-corrected chi connectivity index (χ3v) is 4.18. The maximum absolute atomic E-state index is 9.29. The highest BCUT2D eigenvalue weighted by Gasteiger charge is 2.41. The standard InChI is InChI=1S/C14H20OS/c1-11(2)16-13-5-3-12(4-6-13)9-14(10-15)7-8-14/h3-6,11,15H,7-10H2,1-2H3. The smallest absolute Gasteiger partial charge is 0.0490 e. The maximum atomic E-state index is 9.29. The predicted octanol–water partition coefficient (Wildman–Crippen LogP) is 3.50. The number of hydrogen-bond acceptors (Lipinski definition) is 2. The van der Waals surface area contributed by atoms with E-state index < -0.39 is 0 Å². The van der Waals surface area contributed by atoms with E-state index in [1.165, 1.54) is 23.3 Å². The summed E-state index contributed by atoms with van der Waals surface area (Å²) in [5, 5.41) is 9.92. The monoisotopic (exact) mass is 236 g/mol. The summed E-state index contributed by atoms with van der Waals surface area (Å²) < 4.78 is 0. The summed E-state index contributed by atoms with van der Waals surface area (Å²) in [6.07, 6.45) is 3.41. The molecule has 1 fully saturated rings. The van der Waals surface area contributed by atoms with Crippen LogP contribution in [0.25, 0.3) is 0 Å². The van der Waals surface area contributed by atoms with Crippen molar-refractivity contribution in [2.45, 2.75) is 43.3 Å². The van der Waals surface area contributed by atoms with Gasteiger partial charge < -0.3 is 5.11 Å². The van der Waals surface area contributed by atoms with Crippen LogP contribution in [0.5, 0.6) is 0 Å². The van der Waals surface area contributed by atoms with E-state index in [1.54, 1.807) is 0 Å². The fraction of sp³-hybridized carbons (Fsp3) is 0.571. The lowest BCUT2D eigenvalue weighted by Gasteiger charge is -2.12. The molecule has 1 aliphatic carbocycles. The molecule has 0 aliphatic heterocycles. The normalized spacial score (nSPS) is 17.8. The summed E-state index contributed by atoms with van der Waals surface area (Å²) in [6.45, 7) is 4.77. The molecule has 1 N–H and O–H groups in total. The van der Waals surface area contributed by atoms with E-state index in [9.17, 15) is 5.11 Å². The molecule has 0 aromatic heterocycles. The van der Waals surface area contributed by atoms with Crippen molar-refractivity contribution in [3.05, 3.63) is 29.8 Å². The van der Waals surface area contributed by atoms with Crippen molar-refractivity contribution in [2.24, 2.45) is 5.41 Å². The number of rotatable bonds is 5. The highest BCUT2D eigenvalue weighted by atomic mass is 32.2. The SMILES string of the molecule is CC(C)Sc1ccc(CC2(CO)CC2)cc1. The summed E-state index contributed by atoms with van der Waals surface area (Å²) >= 11 is 1.90. The first-order chi connectivity index (χ1) is 7.63. The average Bonchev–Trinajstić information content (AvgIpc) is 3.01. The number of thioether (sulfide) groups is 1. The van der Waals surface area contributed by atoms with Crippen molar-refractivity contribution in [1.29, 1.82) is 0 Å². The van der Waals surface area contributed by atoms with Gasteiger partial charge in [-0.15, -0.1) is 11.8 Å². The van der Waals surface area contributed by atoms with Crippen LogP contribution in [-0.4, -0.2) is 17.0 Å². The first-order valence-electron chi connectivity index (χ1n) is 6.00. The van der Waals surface area contributed by atoms with Gasteiger partial charge in [0.1, 0.15) is 0 Å². The zero-order valence-corrected chi connectivity index (χ0v) is 10.9. The van der Waals surface area contributed by atoms with Gasteiger partial charge in [-0.1, -0.05) is 26.0 Å². The first kappa shape index (κ1) is 12.0. The lowest BCUT2D eigenvalue weighted by Crippen LogP contribution is -2.09. The molecule has 88 valence electrons. The average molecular weight is 236 g/mol. The third kappa shape index (κ3) is 3.02. The van der Waals surface area contributed by atoms with Crippen LogP contribution in [0.2, 0.25) is 0 Å². The Morgan fingerprint density at radius 3 is 2.31 bits per heavy atom. The minimum atomic E-state index is 0.229. The van der Waals surface area contributed by atoms with E-state index in [2.05, 4.69) is 38.1 Å². The van der Waals surface area contributed by atoms with Gasteiger partial charge in [0.05, 0.1) is 0 Å². The van der Waals surface area contributed by atoms with Gasteiger partial charge in [-0.05, 0) is 42.4 Å². The lowest BCUT2D eigenvalue weighted by molar-refractivity contribution is 0.211. The maximum Gasteiger partial charge on any atom is 0.0490 e. The van der Waals surface area contributed by atoms with E-state index in [1.807, 2.05) is 11.8 Å². The van der Waals surface area contributed by atoms with Crippen LogP contribution in [0, 0.1) is 5.41 Å². The Bertz CT molecular complexity index is 338. The largest absolute Gasteiger partial charge is 0.396 e. The van der Waals surface area contributed by atoms with Crippen molar-refractivity contribution < 1.29 is 5.11 Å². The summed E-state index contributed by atoms with van der Waals surface area (Å²) in [6, 6.07) is 8.82. The first-order valence-corrected chi connectivity index (χ1v) is 6.88. The molecule has 1 nitrogen and oxygen atoms in total. The molecule has 0 bridgehead atoms. The summed E-state index contributed by atoms with van der Waals surface area (Å²) in [5.74, 6) is 0. The minimum absolute atomic E-state index is 0.229.